The van der Waals surface area contributed by atoms with Crippen LogP contribution in [0.3, 0.4) is 0 Å². The van der Waals surface area contributed by atoms with Crippen molar-refractivity contribution < 1.29 is 14.7 Å². The van der Waals surface area contributed by atoms with Crippen LogP contribution in [0.4, 0.5) is 0 Å². The fraction of sp³-hybridized carbons (Fsp3) is 0.250. The van der Waals surface area contributed by atoms with Crippen molar-refractivity contribution in [3.05, 3.63) is 48.0 Å². The third-order valence-corrected chi connectivity index (χ3v) is 3.27. The van der Waals surface area contributed by atoms with E-state index in [2.05, 4.69) is 5.32 Å². The molecule has 2 rings (SSSR count). The Balaban J connectivity index is 2.16. The first-order valence-corrected chi connectivity index (χ1v) is 6.60. The Morgan fingerprint density at radius 2 is 1.85 bits per heavy atom. The van der Waals surface area contributed by atoms with Gasteiger partial charge in [-0.3, -0.25) is 4.79 Å². The summed E-state index contributed by atoms with van der Waals surface area (Å²) in [7, 11) is 0. The van der Waals surface area contributed by atoms with Crippen molar-refractivity contribution in [3.8, 4) is 0 Å². The summed E-state index contributed by atoms with van der Waals surface area (Å²) in [6.45, 7) is 1.73. The second-order valence-electron chi connectivity index (χ2n) is 4.68. The lowest BCUT2D eigenvalue weighted by molar-refractivity contribution is -0.141. The van der Waals surface area contributed by atoms with E-state index in [1.807, 2.05) is 42.5 Å². The minimum absolute atomic E-state index is 0.186. The van der Waals surface area contributed by atoms with Crippen LogP contribution in [0.2, 0.25) is 0 Å². The predicted molar refractivity (Wildman–Crippen MR) is 77.5 cm³/mol. The van der Waals surface area contributed by atoms with Gasteiger partial charge in [-0.15, -0.1) is 0 Å². The van der Waals surface area contributed by atoms with Gasteiger partial charge in [0, 0.05) is 0 Å². The average Bonchev–Trinajstić information content (AvgIpc) is 2.45. The van der Waals surface area contributed by atoms with Crippen LogP contribution in [-0.4, -0.2) is 23.0 Å². The van der Waals surface area contributed by atoms with E-state index >= 15 is 0 Å². The van der Waals surface area contributed by atoms with Crippen LogP contribution in [0.1, 0.15) is 18.9 Å². The maximum Gasteiger partial charge on any atom is 0.326 e. The van der Waals surface area contributed by atoms with Gasteiger partial charge in [-0.1, -0.05) is 49.4 Å². The highest BCUT2D eigenvalue weighted by atomic mass is 16.4. The van der Waals surface area contributed by atoms with Crippen molar-refractivity contribution in [2.75, 3.05) is 0 Å². The number of aliphatic carboxylic acids is 1. The average molecular weight is 271 g/mol. The summed E-state index contributed by atoms with van der Waals surface area (Å²) in [5.74, 6) is -1.27. The Kier molecular flexibility index (Phi) is 4.35. The number of carbonyl (C=O) groups is 2. The molecule has 104 valence electrons. The second-order valence-corrected chi connectivity index (χ2v) is 4.68. The smallest absolute Gasteiger partial charge is 0.326 e. The molecule has 0 aliphatic rings. The van der Waals surface area contributed by atoms with E-state index < -0.39 is 12.0 Å². The van der Waals surface area contributed by atoms with Crippen LogP contribution in [-0.2, 0) is 16.0 Å². The Hall–Kier alpha value is -2.36. The van der Waals surface area contributed by atoms with Crippen molar-refractivity contribution in [1.82, 2.24) is 5.32 Å². The Morgan fingerprint density at radius 3 is 2.55 bits per heavy atom. The quantitative estimate of drug-likeness (QED) is 0.877. The summed E-state index contributed by atoms with van der Waals surface area (Å²) in [6.07, 6.45) is 0.557. The second kappa shape index (κ2) is 6.19. The molecule has 4 heteroatoms. The standard InChI is InChI=1S/C16H17NO3/c1-2-14(16(19)20)17-15(18)10-12-8-5-7-11-6-3-4-9-13(11)12/h3-9,14H,2,10H2,1H3,(H,17,18)(H,19,20)/t14-/m0/s1. The molecule has 0 saturated heterocycles. The Labute approximate surface area is 117 Å². The number of benzene rings is 2. The van der Waals surface area contributed by atoms with Crippen molar-refractivity contribution in [2.45, 2.75) is 25.8 Å². The van der Waals surface area contributed by atoms with Gasteiger partial charge >= 0.3 is 5.97 Å². The SMILES string of the molecule is CC[C@H](NC(=O)Cc1cccc2ccccc12)C(=O)O. The topological polar surface area (TPSA) is 66.4 Å². The predicted octanol–water partition coefficient (Wildman–Crippen LogP) is 2.36. The highest BCUT2D eigenvalue weighted by molar-refractivity contribution is 5.91. The van der Waals surface area contributed by atoms with Crippen molar-refractivity contribution in [1.29, 1.82) is 0 Å². The van der Waals surface area contributed by atoms with E-state index in [1.54, 1.807) is 6.92 Å². The fourth-order valence-corrected chi connectivity index (χ4v) is 2.20. The van der Waals surface area contributed by atoms with Gasteiger partial charge in [0.2, 0.25) is 5.91 Å². The van der Waals surface area contributed by atoms with Crippen LogP contribution in [0.5, 0.6) is 0 Å². The highest BCUT2D eigenvalue weighted by Crippen LogP contribution is 2.18. The number of nitrogens with one attached hydrogen (secondary N) is 1. The largest absolute Gasteiger partial charge is 0.480 e. The minimum Gasteiger partial charge on any atom is -0.480 e. The van der Waals surface area contributed by atoms with Crippen molar-refractivity contribution >= 4 is 22.6 Å². The van der Waals surface area contributed by atoms with E-state index in [0.717, 1.165) is 16.3 Å². The van der Waals surface area contributed by atoms with Gasteiger partial charge in [-0.05, 0) is 22.8 Å². The highest BCUT2D eigenvalue weighted by Gasteiger charge is 2.17. The zero-order valence-corrected chi connectivity index (χ0v) is 11.3. The van der Waals surface area contributed by atoms with Crippen LogP contribution >= 0.6 is 0 Å². The number of amides is 1. The van der Waals surface area contributed by atoms with E-state index in [0.29, 0.717) is 6.42 Å². The van der Waals surface area contributed by atoms with Crippen LogP contribution in [0.25, 0.3) is 10.8 Å². The van der Waals surface area contributed by atoms with Crippen LogP contribution in [0, 0.1) is 0 Å². The summed E-state index contributed by atoms with van der Waals surface area (Å²) in [5.41, 5.74) is 0.904. The lowest BCUT2D eigenvalue weighted by atomic mass is 10.0. The summed E-state index contributed by atoms with van der Waals surface area (Å²) in [6, 6.07) is 12.8. The van der Waals surface area contributed by atoms with Gasteiger partial charge in [0.25, 0.3) is 0 Å². The summed E-state index contributed by atoms with van der Waals surface area (Å²) >= 11 is 0. The molecule has 0 fully saturated rings. The van der Waals surface area contributed by atoms with E-state index in [4.69, 9.17) is 5.11 Å². The Bertz CT molecular complexity index is 631. The molecule has 0 saturated carbocycles. The summed E-state index contributed by atoms with van der Waals surface area (Å²) in [4.78, 5) is 22.9. The zero-order valence-electron chi connectivity index (χ0n) is 11.3. The van der Waals surface area contributed by atoms with Crippen molar-refractivity contribution in [3.63, 3.8) is 0 Å². The zero-order chi connectivity index (χ0) is 14.5. The van der Waals surface area contributed by atoms with Gasteiger partial charge in [-0.25, -0.2) is 4.79 Å². The molecule has 2 aromatic carbocycles. The first-order chi connectivity index (χ1) is 9.61. The van der Waals surface area contributed by atoms with Gasteiger partial charge < -0.3 is 10.4 Å². The maximum absolute atomic E-state index is 12.0. The fourth-order valence-electron chi connectivity index (χ4n) is 2.20. The molecule has 0 bridgehead atoms. The first-order valence-electron chi connectivity index (χ1n) is 6.60. The lowest BCUT2D eigenvalue weighted by Gasteiger charge is -2.13. The molecule has 0 heterocycles. The molecule has 0 spiro atoms. The van der Waals surface area contributed by atoms with Gasteiger partial charge in [0.05, 0.1) is 6.42 Å². The van der Waals surface area contributed by atoms with Crippen LogP contribution in [0.15, 0.2) is 42.5 Å². The van der Waals surface area contributed by atoms with Crippen molar-refractivity contribution in [2.24, 2.45) is 0 Å². The molecule has 0 radical (unpaired) electrons. The normalized spacial score (nSPS) is 12.1. The molecule has 1 amide bonds. The minimum atomic E-state index is -1.00. The monoisotopic (exact) mass is 271 g/mol. The molecular weight excluding hydrogens is 254 g/mol. The molecule has 2 N–H and O–H groups in total. The number of carboxylic acids is 1. The summed E-state index contributed by atoms with van der Waals surface area (Å²) in [5, 5.41) is 13.6. The molecule has 0 aliphatic heterocycles. The van der Waals surface area contributed by atoms with Crippen LogP contribution < -0.4 is 5.32 Å². The molecule has 1 atom stereocenters. The molecule has 2 aromatic rings. The number of hydrogen-bond donors (Lipinski definition) is 2. The van der Waals surface area contributed by atoms with Gasteiger partial charge in [0.1, 0.15) is 6.04 Å². The van der Waals surface area contributed by atoms with E-state index in [1.165, 1.54) is 0 Å². The first kappa shape index (κ1) is 14.1. The van der Waals surface area contributed by atoms with Gasteiger partial charge in [-0.2, -0.15) is 0 Å². The summed E-state index contributed by atoms with van der Waals surface area (Å²) < 4.78 is 0. The van der Waals surface area contributed by atoms with E-state index in [9.17, 15) is 9.59 Å². The van der Waals surface area contributed by atoms with E-state index in [-0.39, 0.29) is 12.3 Å². The molecule has 20 heavy (non-hydrogen) atoms. The van der Waals surface area contributed by atoms with Gasteiger partial charge in [0.15, 0.2) is 0 Å². The molecule has 0 aromatic heterocycles. The molecule has 4 nitrogen and oxygen atoms in total. The molecular formula is C16H17NO3. The number of hydrogen-bond acceptors (Lipinski definition) is 2. The molecule has 0 unspecified atom stereocenters. The number of carbonyl (C=O) groups excluding carboxylic acids is 1. The third kappa shape index (κ3) is 3.15. The third-order valence-electron chi connectivity index (χ3n) is 3.27. The number of carboxylic acid groups (broad SMARTS) is 1. The lowest BCUT2D eigenvalue weighted by Crippen LogP contribution is -2.40. The number of rotatable bonds is 5. The maximum atomic E-state index is 12.0. The number of fused-ring (bicyclic) bond motifs is 1. The Morgan fingerprint density at radius 1 is 1.15 bits per heavy atom. The molecule has 0 aliphatic carbocycles.